The van der Waals surface area contributed by atoms with Gasteiger partial charge in [-0.15, -0.1) is 0 Å². The van der Waals surface area contributed by atoms with Crippen LogP contribution >= 0.6 is 0 Å². The smallest absolute Gasteiger partial charge is 0.262 e. The third kappa shape index (κ3) is 3.81. The second-order valence-corrected chi connectivity index (χ2v) is 8.53. The first kappa shape index (κ1) is 21.8. The molecule has 2 N–H and O–H groups in total. The van der Waals surface area contributed by atoms with Crippen molar-refractivity contribution in [2.75, 3.05) is 26.0 Å². The molecule has 1 amide bonds. The Bertz CT molecular complexity index is 1300. The number of aryl methyl sites for hydroxylation is 1. The summed E-state index contributed by atoms with van der Waals surface area (Å²) in [5.74, 6) is -0.276. The molecule has 0 aromatic carbocycles. The number of hydrogen-bond donors (Lipinski definition) is 2. The van der Waals surface area contributed by atoms with E-state index in [0.29, 0.717) is 29.3 Å². The highest BCUT2D eigenvalue weighted by atomic mass is 16.5. The van der Waals surface area contributed by atoms with Crippen LogP contribution in [0, 0.1) is 6.92 Å². The zero-order valence-corrected chi connectivity index (χ0v) is 19.1. The summed E-state index contributed by atoms with van der Waals surface area (Å²) in [4.78, 5) is 29.5. The topological polar surface area (TPSA) is 120 Å². The number of aromatic nitrogens is 3. The van der Waals surface area contributed by atoms with E-state index in [2.05, 4.69) is 15.5 Å². The second-order valence-electron chi connectivity index (χ2n) is 8.53. The summed E-state index contributed by atoms with van der Waals surface area (Å²) in [5, 5.41) is 18.3. The molecule has 3 aromatic rings. The molecule has 0 saturated carbocycles. The Labute approximate surface area is 196 Å². The molecule has 10 heteroatoms. The first-order chi connectivity index (χ1) is 16.3. The molecular formula is C24H25N7O3. The lowest BCUT2D eigenvalue weighted by Gasteiger charge is -2.29. The van der Waals surface area contributed by atoms with Gasteiger partial charge in [0.25, 0.3) is 5.91 Å². The summed E-state index contributed by atoms with van der Waals surface area (Å²) in [5.41, 5.74) is 2.64. The predicted molar refractivity (Wildman–Crippen MR) is 126 cm³/mol. The van der Waals surface area contributed by atoms with Crippen molar-refractivity contribution >= 4 is 17.3 Å². The van der Waals surface area contributed by atoms with Crippen LogP contribution in [-0.4, -0.2) is 68.6 Å². The van der Waals surface area contributed by atoms with Crippen molar-refractivity contribution in [2.45, 2.75) is 25.2 Å². The number of allylic oxidation sites excluding steroid dienone is 1. The van der Waals surface area contributed by atoms with E-state index in [0.717, 1.165) is 11.3 Å². The molecule has 2 aliphatic heterocycles. The normalized spacial score (nSPS) is 22.3. The first-order valence-corrected chi connectivity index (χ1v) is 10.9. The average molecular weight is 460 g/mol. The van der Waals surface area contributed by atoms with Gasteiger partial charge < -0.3 is 24.7 Å². The maximum Gasteiger partial charge on any atom is 0.262 e. The van der Waals surface area contributed by atoms with Crippen LogP contribution in [0.15, 0.2) is 64.5 Å². The van der Waals surface area contributed by atoms with Crippen LogP contribution in [0.1, 0.15) is 23.4 Å². The second kappa shape index (κ2) is 8.38. The number of likely N-dealkylation sites (N-methyl/N-ethyl adjacent to an activating group) is 1. The van der Waals surface area contributed by atoms with Crippen molar-refractivity contribution in [3.8, 4) is 11.4 Å². The van der Waals surface area contributed by atoms with Gasteiger partial charge in [-0.2, -0.15) is 0 Å². The highest BCUT2D eigenvalue weighted by molar-refractivity contribution is 6.08. The number of hydrogen-bond acceptors (Lipinski definition) is 9. The largest absolute Gasteiger partial charge is 0.373 e. The van der Waals surface area contributed by atoms with Gasteiger partial charge in [-0.25, -0.2) is 9.98 Å². The fraction of sp³-hybridized carbons (Fsp3) is 0.292. The van der Waals surface area contributed by atoms with E-state index in [-0.39, 0.29) is 18.5 Å². The molecule has 10 nitrogen and oxygen atoms in total. The monoisotopic (exact) mass is 459 g/mol. The zero-order valence-electron chi connectivity index (χ0n) is 19.1. The van der Waals surface area contributed by atoms with Crippen LogP contribution in [0.25, 0.3) is 11.4 Å². The van der Waals surface area contributed by atoms with Crippen molar-refractivity contribution in [1.82, 2.24) is 24.9 Å². The molecule has 2 unspecified atom stereocenters. The van der Waals surface area contributed by atoms with Gasteiger partial charge in [0.2, 0.25) is 5.60 Å². The van der Waals surface area contributed by atoms with Gasteiger partial charge in [0.15, 0.2) is 12.0 Å². The number of amides is 1. The number of likely N-dealkylation sites (tertiary alicyclic amines) is 1. The average Bonchev–Trinajstić information content (AvgIpc) is 3.44. The Morgan fingerprint density at radius 3 is 2.79 bits per heavy atom. The summed E-state index contributed by atoms with van der Waals surface area (Å²) < 4.78 is 5.36. The Morgan fingerprint density at radius 2 is 2.03 bits per heavy atom. The fourth-order valence-corrected chi connectivity index (χ4v) is 3.97. The Kier molecular flexibility index (Phi) is 5.37. The molecule has 0 radical (unpaired) electrons. The summed E-state index contributed by atoms with van der Waals surface area (Å²) in [7, 11) is 3.59. The van der Waals surface area contributed by atoms with Gasteiger partial charge in [-0.05, 0) is 36.8 Å². The first-order valence-electron chi connectivity index (χ1n) is 10.9. The van der Waals surface area contributed by atoms with Crippen molar-refractivity contribution in [2.24, 2.45) is 4.99 Å². The zero-order chi connectivity index (χ0) is 23.9. The summed E-state index contributed by atoms with van der Waals surface area (Å²) in [6.07, 6.45) is 7.29. The minimum Gasteiger partial charge on any atom is -0.373 e. The van der Waals surface area contributed by atoms with Crippen LogP contribution in [-0.2, 0) is 10.4 Å². The van der Waals surface area contributed by atoms with Gasteiger partial charge in [0.05, 0.1) is 29.0 Å². The lowest BCUT2D eigenvalue weighted by Crippen LogP contribution is -2.36. The van der Waals surface area contributed by atoms with E-state index in [1.807, 2.05) is 49.3 Å². The van der Waals surface area contributed by atoms with E-state index in [9.17, 15) is 9.90 Å². The minimum absolute atomic E-state index is 0.122. The van der Waals surface area contributed by atoms with Crippen molar-refractivity contribution in [1.29, 1.82) is 0 Å². The van der Waals surface area contributed by atoms with Crippen LogP contribution in [0.5, 0.6) is 0 Å². The molecule has 1 fully saturated rings. The summed E-state index contributed by atoms with van der Waals surface area (Å²) in [6, 6.07) is 9.04. The maximum absolute atomic E-state index is 12.4. The third-order valence-electron chi connectivity index (χ3n) is 6.14. The van der Waals surface area contributed by atoms with Gasteiger partial charge in [-0.3, -0.25) is 9.78 Å². The van der Waals surface area contributed by atoms with Crippen LogP contribution in [0.3, 0.4) is 0 Å². The Morgan fingerprint density at radius 1 is 1.21 bits per heavy atom. The minimum atomic E-state index is -1.69. The number of anilines is 1. The fourth-order valence-electron chi connectivity index (χ4n) is 3.97. The van der Waals surface area contributed by atoms with E-state index in [4.69, 9.17) is 14.5 Å². The van der Waals surface area contributed by atoms with Crippen molar-refractivity contribution < 1.29 is 14.4 Å². The van der Waals surface area contributed by atoms with E-state index < -0.39 is 11.5 Å². The van der Waals surface area contributed by atoms with Crippen LogP contribution in [0.2, 0.25) is 0 Å². The highest BCUT2D eigenvalue weighted by Gasteiger charge is 2.48. The van der Waals surface area contributed by atoms with Gasteiger partial charge in [-0.1, -0.05) is 11.2 Å². The Balaban J connectivity index is 1.41. The number of nitrogens with zero attached hydrogens (tertiary/aromatic N) is 6. The molecule has 174 valence electrons. The molecule has 5 rings (SSSR count). The molecular weight excluding hydrogens is 434 g/mol. The van der Waals surface area contributed by atoms with E-state index in [1.165, 1.54) is 4.90 Å². The number of nitrogens with one attached hydrogen (secondary N) is 1. The number of pyridine rings is 2. The molecule has 2 aliphatic rings. The number of carbonyl (C=O) groups excluding carboxylic acids is 1. The number of aliphatic hydroxyl groups is 1. The van der Waals surface area contributed by atoms with Gasteiger partial charge in [0, 0.05) is 45.5 Å². The molecule has 3 aromatic heterocycles. The lowest BCUT2D eigenvalue weighted by atomic mass is 9.98. The highest BCUT2D eigenvalue weighted by Crippen LogP contribution is 2.34. The summed E-state index contributed by atoms with van der Waals surface area (Å²) in [6.45, 7) is 2.46. The molecule has 0 spiro atoms. The molecule has 0 aliphatic carbocycles. The molecule has 34 heavy (non-hydrogen) atoms. The lowest BCUT2D eigenvalue weighted by molar-refractivity contribution is -0.144. The van der Waals surface area contributed by atoms with Crippen LogP contribution in [0.4, 0.5) is 5.69 Å². The summed E-state index contributed by atoms with van der Waals surface area (Å²) >= 11 is 0. The van der Waals surface area contributed by atoms with E-state index in [1.54, 1.807) is 31.6 Å². The quantitative estimate of drug-likeness (QED) is 0.596. The predicted octanol–water partition coefficient (Wildman–Crippen LogP) is 2.13. The molecule has 1 saturated heterocycles. The van der Waals surface area contributed by atoms with Crippen molar-refractivity contribution in [3.05, 3.63) is 72.0 Å². The Hall–Kier alpha value is -4.05. The third-order valence-corrected chi connectivity index (χ3v) is 6.14. The molecule has 2 atom stereocenters. The van der Waals surface area contributed by atoms with Gasteiger partial charge >= 0.3 is 0 Å². The van der Waals surface area contributed by atoms with Crippen molar-refractivity contribution in [3.63, 3.8) is 0 Å². The number of aliphatic imine (C=N–C) groups is 1. The van der Waals surface area contributed by atoms with E-state index >= 15 is 0 Å². The van der Waals surface area contributed by atoms with Gasteiger partial charge in [0.1, 0.15) is 5.69 Å². The SMILES string of the molecule is Cc1ccncc1NC1N=C(c2cccc(-c3cc(C4(O)CCN(C)C4=O)on3)n2)C=CN1C. The number of rotatable bonds is 5. The maximum atomic E-state index is 12.4. The van der Waals surface area contributed by atoms with Crippen LogP contribution < -0.4 is 5.32 Å². The number of carbonyl (C=O) groups is 1. The molecule has 0 bridgehead atoms. The standard InChI is InChI=1S/C24H25N7O3/c1-15-7-10-25-14-20(15)28-23-27-18(8-11-31(23)3)16-5-4-6-17(26-16)19-13-21(34-29-19)24(33)9-12-30(2)22(24)32/h4-8,10-11,13-14,23,28,33H,9,12H2,1-3H3. The molecule has 5 heterocycles.